The number of benzene rings is 1. The molecule has 0 saturated carbocycles. The van der Waals surface area contributed by atoms with Gasteiger partial charge in [0.05, 0.1) is 6.10 Å². The maximum Gasteiger partial charge on any atom is 0.126 e. The molecule has 0 amide bonds. The first-order valence-electron chi connectivity index (χ1n) is 5.83. The zero-order chi connectivity index (χ0) is 11.4. The molecule has 2 atom stereocenters. The summed E-state index contributed by atoms with van der Waals surface area (Å²) < 4.78 is 19.1. The van der Waals surface area contributed by atoms with E-state index in [0.29, 0.717) is 6.42 Å². The molecule has 16 heavy (non-hydrogen) atoms. The minimum Gasteiger partial charge on any atom is -0.377 e. The van der Waals surface area contributed by atoms with Crippen molar-refractivity contribution in [2.45, 2.75) is 31.4 Å². The van der Waals surface area contributed by atoms with E-state index in [1.54, 1.807) is 6.07 Å². The summed E-state index contributed by atoms with van der Waals surface area (Å²) in [6, 6.07) is 7.16. The van der Waals surface area contributed by atoms with Gasteiger partial charge in [-0.3, -0.25) is 0 Å². The van der Waals surface area contributed by atoms with Gasteiger partial charge in [-0.15, -0.1) is 0 Å². The molecule has 1 aliphatic rings. The highest BCUT2D eigenvalue weighted by atomic mass is 19.1. The number of ether oxygens (including phenoxy) is 1. The van der Waals surface area contributed by atoms with Crippen molar-refractivity contribution in [3.63, 3.8) is 0 Å². The van der Waals surface area contributed by atoms with Crippen molar-refractivity contribution in [3.8, 4) is 0 Å². The average Bonchev–Trinajstić information content (AvgIpc) is 2.81. The fourth-order valence-corrected chi connectivity index (χ4v) is 2.24. The Balaban J connectivity index is 2.03. The van der Waals surface area contributed by atoms with Gasteiger partial charge in [-0.25, -0.2) is 4.39 Å². The molecule has 0 aliphatic carbocycles. The van der Waals surface area contributed by atoms with E-state index >= 15 is 0 Å². The number of likely N-dealkylation sites (N-methyl/N-ethyl adjacent to an activating group) is 1. The Kier molecular flexibility index (Phi) is 3.91. The number of nitrogens with one attached hydrogen (secondary N) is 1. The summed E-state index contributed by atoms with van der Waals surface area (Å²) in [5.74, 6) is -0.124. The van der Waals surface area contributed by atoms with Gasteiger partial charge in [0.25, 0.3) is 0 Å². The SMILES string of the molecule is CNC(Cc1ccccc1F)C1CCCO1. The van der Waals surface area contributed by atoms with Gasteiger partial charge in [-0.1, -0.05) is 18.2 Å². The molecular formula is C13H18FNO. The summed E-state index contributed by atoms with van der Waals surface area (Å²) in [4.78, 5) is 0. The fraction of sp³-hybridized carbons (Fsp3) is 0.538. The zero-order valence-electron chi connectivity index (χ0n) is 9.58. The van der Waals surface area contributed by atoms with Crippen LogP contribution in [0.3, 0.4) is 0 Å². The van der Waals surface area contributed by atoms with E-state index in [4.69, 9.17) is 4.74 Å². The molecule has 2 rings (SSSR count). The van der Waals surface area contributed by atoms with Crippen molar-refractivity contribution in [2.75, 3.05) is 13.7 Å². The second-order valence-corrected chi connectivity index (χ2v) is 4.24. The number of rotatable bonds is 4. The van der Waals surface area contributed by atoms with Crippen LogP contribution in [0, 0.1) is 5.82 Å². The van der Waals surface area contributed by atoms with Crippen molar-refractivity contribution >= 4 is 0 Å². The van der Waals surface area contributed by atoms with Gasteiger partial charge in [-0.05, 0) is 37.9 Å². The van der Waals surface area contributed by atoms with Crippen molar-refractivity contribution in [3.05, 3.63) is 35.6 Å². The maximum absolute atomic E-state index is 13.5. The Bertz CT molecular complexity index is 336. The lowest BCUT2D eigenvalue weighted by molar-refractivity contribution is 0.0806. The van der Waals surface area contributed by atoms with Gasteiger partial charge < -0.3 is 10.1 Å². The lowest BCUT2D eigenvalue weighted by Gasteiger charge is -2.22. The topological polar surface area (TPSA) is 21.3 Å². The van der Waals surface area contributed by atoms with E-state index < -0.39 is 0 Å². The molecule has 1 aromatic carbocycles. The van der Waals surface area contributed by atoms with Gasteiger partial charge in [-0.2, -0.15) is 0 Å². The van der Waals surface area contributed by atoms with Crippen LogP contribution in [0.4, 0.5) is 4.39 Å². The van der Waals surface area contributed by atoms with Gasteiger partial charge in [0.2, 0.25) is 0 Å². The second kappa shape index (κ2) is 5.41. The van der Waals surface area contributed by atoms with Gasteiger partial charge in [0.1, 0.15) is 5.82 Å². The lowest BCUT2D eigenvalue weighted by Crippen LogP contribution is -2.39. The molecule has 88 valence electrons. The maximum atomic E-state index is 13.5. The molecular weight excluding hydrogens is 205 g/mol. The molecule has 1 heterocycles. The van der Waals surface area contributed by atoms with E-state index in [2.05, 4.69) is 5.32 Å². The van der Waals surface area contributed by atoms with Crippen LogP contribution in [0.5, 0.6) is 0 Å². The molecule has 0 spiro atoms. The van der Waals surface area contributed by atoms with Gasteiger partial charge in [0.15, 0.2) is 0 Å². The van der Waals surface area contributed by atoms with Crippen molar-refractivity contribution in [1.29, 1.82) is 0 Å². The molecule has 1 N–H and O–H groups in total. The Morgan fingerprint density at radius 3 is 2.94 bits per heavy atom. The standard InChI is InChI=1S/C13H18FNO/c1-15-12(13-7-4-8-16-13)9-10-5-2-3-6-11(10)14/h2-3,5-6,12-13,15H,4,7-9H2,1H3. The van der Waals surface area contributed by atoms with E-state index in [0.717, 1.165) is 25.0 Å². The summed E-state index contributed by atoms with van der Waals surface area (Å²) >= 11 is 0. The first kappa shape index (κ1) is 11.6. The predicted octanol–water partition coefficient (Wildman–Crippen LogP) is 2.14. The first-order chi connectivity index (χ1) is 7.81. The van der Waals surface area contributed by atoms with Crippen molar-refractivity contribution in [1.82, 2.24) is 5.32 Å². The third-order valence-corrected chi connectivity index (χ3v) is 3.18. The van der Waals surface area contributed by atoms with Gasteiger partial charge in [0, 0.05) is 12.6 Å². The Morgan fingerprint density at radius 2 is 2.31 bits per heavy atom. The van der Waals surface area contributed by atoms with Crippen LogP contribution in [0.2, 0.25) is 0 Å². The molecule has 3 heteroatoms. The predicted molar refractivity (Wildman–Crippen MR) is 61.9 cm³/mol. The highest BCUT2D eigenvalue weighted by molar-refractivity contribution is 5.18. The molecule has 2 unspecified atom stereocenters. The first-order valence-corrected chi connectivity index (χ1v) is 5.83. The fourth-order valence-electron chi connectivity index (χ4n) is 2.24. The largest absolute Gasteiger partial charge is 0.377 e. The molecule has 2 nitrogen and oxygen atoms in total. The number of hydrogen-bond acceptors (Lipinski definition) is 2. The molecule has 0 radical (unpaired) electrons. The number of hydrogen-bond donors (Lipinski definition) is 1. The van der Waals surface area contributed by atoms with E-state index in [1.165, 1.54) is 6.07 Å². The minimum absolute atomic E-state index is 0.124. The Labute approximate surface area is 95.8 Å². The van der Waals surface area contributed by atoms with E-state index in [9.17, 15) is 4.39 Å². The van der Waals surface area contributed by atoms with Crippen molar-refractivity contribution < 1.29 is 9.13 Å². The van der Waals surface area contributed by atoms with Crippen LogP contribution in [0.1, 0.15) is 18.4 Å². The molecule has 0 aromatic heterocycles. The average molecular weight is 223 g/mol. The molecule has 1 fully saturated rings. The molecule has 1 saturated heterocycles. The summed E-state index contributed by atoms with van der Waals surface area (Å²) in [6.45, 7) is 0.833. The Morgan fingerprint density at radius 1 is 1.50 bits per heavy atom. The van der Waals surface area contributed by atoms with Crippen LogP contribution in [-0.4, -0.2) is 25.8 Å². The lowest BCUT2D eigenvalue weighted by atomic mass is 9.99. The van der Waals surface area contributed by atoms with Crippen LogP contribution < -0.4 is 5.32 Å². The monoisotopic (exact) mass is 223 g/mol. The van der Waals surface area contributed by atoms with E-state index in [-0.39, 0.29) is 18.0 Å². The minimum atomic E-state index is -0.124. The van der Waals surface area contributed by atoms with Gasteiger partial charge >= 0.3 is 0 Å². The second-order valence-electron chi connectivity index (χ2n) is 4.24. The normalized spacial score (nSPS) is 22.2. The van der Waals surface area contributed by atoms with Crippen LogP contribution in [0.25, 0.3) is 0 Å². The Hall–Kier alpha value is -0.930. The van der Waals surface area contributed by atoms with Crippen LogP contribution in [-0.2, 0) is 11.2 Å². The smallest absolute Gasteiger partial charge is 0.126 e. The van der Waals surface area contributed by atoms with Crippen LogP contribution >= 0.6 is 0 Å². The number of halogens is 1. The molecule has 1 aliphatic heterocycles. The summed E-state index contributed by atoms with van der Waals surface area (Å²) in [5.41, 5.74) is 0.761. The molecule has 1 aromatic rings. The summed E-state index contributed by atoms with van der Waals surface area (Å²) in [6.07, 6.45) is 3.10. The summed E-state index contributed by atoms with van der Waals surface area (Å²) in [5, 5.41) is 3.23. The van der Waals surface area contributed by atoms with E-state index in [1.807, 2.05) is 19.2 Å². The zero-order valence-corrected chi connectivity index (χ0v) is 9.58. The molecule has 0 bridgehead atoms. The highest BCUT2D eigenvalue weighted by Gasteiger charge is 2.25. The van der Waals surface area contributed by atoms with Crippen molar-refractivity contribution in [2.24, 2.45) is 0 Å². The third kappa shape index (κ3) is 2.60. The van der Waals surface area contributed by atoms with Crippen LogP contribution in [0.15, 0.2) is 24.3 Å². The quantitative estimate of drug-likeness (QED) is 0.844. The summed E-state index contributed by atoms with van der Waals surface area (Å²) in [7, 11) is 1.91. The third-order valence-electron chi connectivity index (χ3n) is 3.18. The highest BCUT2D eigenvalue weighted by Crippen LogP contribution is 2.19.